The molecule has 1 aromatic carbocycles. The van der Waals surface area contributed by atoms with Gasteiger partial charge in [-0.2, -0.15) is 5.10 Å². The van der Waals surface area contributed by atoms with Gasteiger partial charge in [0.1, 0.15) is 17.7 Å². The molecule has 1 unspecified atom stereocenters. The Labute approximate surface area is 174 Å². The molecule has 9 heteroatoms. The first-order chi connectivity index (χ1) is 12.6. The van der Waals surface area contributed by atoms with Gasteiger partial charge in [0, 0.05) is 37.5 Å². The zero-order chi connectivity index (χ0) is 18.5. The lowest BCUT2D eigenvalue weighted by molar-refractivity contribution is -0.00805. The summed E-state index contributed by atoms with van der Waals surface area (Å²) in [7, 11) is 1.86. The fraction of sp³-hybridized carbons (Fsp3) is 0.444. The van der Waals surface area contributed by atoms with Gasteiger partial charge in [-0.3, -0.25) is 4.68 Å². The quantitative estimate of drug-likeness (QED) is 0.406. The second-order valence-corrected chi connectivity index (χ2v) is 6.16. The molecule has 27 heavy (non-hydrogen) atoms. The molecule has 2 heterocycles. The third-order valence-electron chi connectivity index (χ3n) is 4.20. The summed E-state index contributed by atoms with van der Waals surface area (Å²) >= 11 is 0. The van der Waals surface area contributed by atoms with E-state index in [9.17, 15) is 8.78 Å². The third-order valence-corrected chi connectivity index (χ3v) is 4.20. The highest BCUT2D eigenvalue weighted by atomic mass is 127. The summed E-state index contributed by atoms with van der Waals surface area (Å²) in [6.45, 7) is 4.56. The molecule has 0 aliphatic carbocycles. The van der Waals surface area contributed by atoms with Crippen molar-refractivity contribution in [1.82, 2.24) is 20.0 Å². The Kier molecular flexibility index (Phi) is 7.96. The second-order valence-electron chi connectivity index (χ2n) is 6.16. The first-order valence-electron chi connectivity index (χ1n) is 8.64. The molecule has 3 rings (SSSR count). The van der Waals surface area contributed by atoms with Gasteiger partial charge in [0.15, 0.2) is 5.96 Å². The van der Waals surface area contributed by atoms with E-state index in [1.165, 1.54) is 6.07 Å². The zero-order valence-corrected chi connectivity index (χ0v) is 17.7. The van der Waals surface area contributed by atoms with Crippen molar-refractivity contribution in [2.24, 2.45) is 12.0 Å². The van der Waals surface area contributed by atoms with Crippen LogP contribution in [0.1, 0.15) is 24.2 Å². The van der Waals surface area contributed by atoms with Crippen molar-refractivity contribution in [2.45, 2.75) is 19.6 Å². The van der Waals surface area contributed by atoms with Crippen molar-refractivity contribution in [3.63, 3.8) is 0 Å². The van der Waals surface area contributed by atoms with E-state index in [0.717, 1.165) is 17.7 Å². The van der Waals surface area contributed by atoms with Gasteiger partial charge in [0.25, 0.3) is 0 Å². The number of rotatable bonds is 4. The molecule has 148 valence electrons. The van der Waals surface area contributed by atoms with E-state index >= 15 is 0 Å². The van der Waals surface area contributed by atoms with Gasteiger partial charge in [-0.1, -0.05) is 0 Å². The van der Waals surface area contributed by atoms with Crippen LogP contribution in [0.4, 0.5) is 8.78 Å². The maximum atomic E-state index is 13.8. The Bertz CT molecular complexity index is 783. The Hall–Kier alpha value is -1.75. The van der Waals surface area contributed by atoms with Gasteiger partial charge in [-0.15, -0.1) is 24.0 Å². The molecular weight excluding hydrogens is 467 g/mol. The second kappa shape index (κ2) is 9.98. The summed E-state index contributed by atoms with van der Waals surface area (Å²) in [5.74, 6) is -0.265. The Morgan fingerprint density at radius 1 is 1.41 bits per heavy atom. The van der Waals surface area contributed by atoms with Crippen molar-refractivity contribution < 1.29 is 13.5 Å². The minimum Gasteiger partial charge on any atom is -0.370 e. The third kappa shape index (κ3) is 5.61. The van der Waals surface area contributed by atoms with Crippen LogP contribution >= 0.6 is 24.0 Å². The van der Waals surface area contributed by atoms with E-state index in [4.69, 9.17) is 4.74 Å². The number of ether oxygens (including phenoxy) is 1. The summed E-state index contributed by atoms with van der Waals surface area (Å²) < 4.78 is 34.8. The van der Waals surface area contributed by atoms with Gasteiger partial charge in [0.05, 0.1) is 25.9 Å². The lowest BCUT2D eigenvalue weighted by Gasteiger charge is -2.34. The summed E-state index contributed by atoms with van der Waals surface area (Å²) in [5, 5.41) is 7.40. The number of morpholine rings is 1. The van der Waals surface area contributed by atoms with Crippen LogP contribution < -0.4 is 5.32 Å². The van der Waals surface area contributed by atoms with Crippen LogP contribution in [0.15, 0.2) is 35.6 Å². The van der Waals surface area contributed by atoms with Gasteiger partial charge >= 0.3 is 0 Å². The number of nitrogens with one attached hydrogen (secondary N) is 1. The van der Waals surface area contributed by atoms with E-state index in [1.807, 2.05) is 20.2 Å². The summed E-state index contributed by atoms with van der Waals surface area (Å²) in [4.78, 5) is 6.56. The molecule has 1 aliphatic heterocycles. The van der Waals surface area contributed by atoms with Gasteiger partial charge < -0.3 is 15.0 Å². The largest absolute Gasteiger partial charge is 0.370 e. The molecule has 1 aliphatic rings. The van der Waals surface area contributed by atoms with Crippen LogP contribution in [0.2, 0.25) is 0 Å². The number of nitrogens with zero attached hydrogens (tertiary/aromatic N) is 4. The number of hydrogen-bond acceptors (Lipinski definition) is 3. The minimum atomic E-state index is -0.468. The number of aliphatic imine (C=N–C) groups is 1. The average molecular weight is 491 g/mol. The number of guanidine groups is 1. The SMILES string of the molecule is CCNC(=NCc1cc(F)ccc1F)N1CCOC(c2cnn(C)c2)C1.I. The lowest BCUT2D eigenvalue weighted by Crippen LogP contribution is -2.48. The summed E-state index contributed by atoms with van der Waals surface area (Å²) in [6.07, 6.45) is 3.62. The van der Waals surface area contributed by atoms with Crippen LogP contribution in [0.25, 0.3) is 0 Å². The van der Waals surface area contributed by atoms with Crippen molar-refractivity contribution in [1.29, 1.82) is 0 Å². The Balaban J connectivity index is 0.00000261. The predicted molar refractivity (Wildman–Crippen MR) is 110 cm³/mol. The number of aromatic nitrogens is 2. The average Bonchev–Trinajstić information content (AvgIpc) is 3.08. The molecule has 0 spiro atoms. The van der Waals surface area contributed by atoms with Gasteiger partial charge in [-0.25, -0.2) is 13.8 Å². The molecule has 0 bridgehead atoms. The van der Waals surface area contributed by atoms with Gasteiger partial charge in [0.2, 0.25) is 0 Å². The van der Waals surface area contributed by atoms with Gasteiger partial charge in [-0.05, 0) is 25.1 Å². The topological polar surface area (TPSA) is 54.7 Å². The fourth-order valence-electron chi connectivity index (χ4n) is 2.90. The Morgan fingerprint density at radius 2 is 2.22 bits per heavy atom. The molecule has 1 saturated heterocycles. The molecule has 6 nitrogen and oxygen atoms in total. The van der Waals surface area contributed by atoms with E-state index in [0.29, 0.717) is 32.2 Å². The molecule has 0 saturated carbocycles. The molecule has 1 atom stereocenters. The fourth-order valence-corrected chi connectivity index (χ4v) is 2.90. The van der Waals surface area contributed by atoms with Crippen molar-refractivity contribution in [3.8, 4) is 0 Å². The van der Waals surface area contributed by atoms with Crippen molar-refractivity contribution >= 4 is 29.9 Å². The molecular formula is C18H24F2IN5O. The molecule has 1 aromatic heterocycles. The molecule has 2 aromatic rings. The normalized spacial score (nSPS) is 17.6. The number of halogens is 3. The standard InChI is InChI=1S/C18H23F2N5O.HI/c1-3-21-18(22-9-13-8-15(19)4-5-16(13)20)25-6-7-26-17(12-25)14-10-23-24(2)11-14;/h4-5,8,10-11,17H,3,6-7,9,12H2,1-2H3,(H,21,22);1H. The molecule has 1 N–H and O–H groups in total. The maximum absolute atomic E-state index is 13.8. The molecule has 1 fully saturated rings. The van der Waals surface area contributed by atoms with Crippen LogP contribution in [-0.4, -0.2) is 46.9 Å². The summed E-state index contributed by atoms with van der Waals surface area (Å²) in [6, 6.07) is 3.41. The lowest BCUT2D eigenvalue weighted by atomic mass is 10.1. The highest BCUT2D eigenvalue weighted by Crippen LogP contribution is 2.22. The van der Waals surface area contributed by atoms with Crippen LogP contribution in [0.5, 0.6) is 0 Å². The summed E-state index contributed by atoms with van der Waals surface area (Å²) in [5.41, 5.74) is 1.24. The number of benzene rings is 1. The van der Waals surface area contributed by atoms with E-state index < -0.39 is 11.6 Å². The molecule has 0 amide bonds. The zero-order valence-electron chi connectivity index (χ0n) is 15.4. The highest BCUT2D eigenvalue weighted by molar-refractivity contribution is 14.0. The predicted octanol–water partition coefficient (Wildman–Crippen LogP) is 2.86. The van der Waals surface area contributed by atoms with Crippen LogP contribution in [0.3, 0.4) is 0 Å². The van der Waals surface area contributed by atoms with E-state index in [-0.39, 0.29) is 42.2 Å². The van der Waals surface area contributed by atoms with E-state index in [1.54, 1.807) is 10.9 Å². The monoisotopic (exact) mass is 491 g/mol. The smallest absolute Gasteiger partial charge is 0.194 e. The number of aryl methyl sites for hydroxylation is 1. The minimum absolute atomic E-state index is 0. The highest BCUT2D eigenvalue weighted by Gasteiger charge is 2.25. The van der Waals surface area contributed by atoms with Crippen LogP contribution in [0, 0.1) is 11.6 Å². The Morgan fingerprint density at radius 3 is 2.93 bits per heavy atom. The molecule has 0 radical (unpaired) electrons. The first-order valence-corrected chi connectivity index (χ1v) is 8.64. The first kappa shape index (κ1) is 21.5. The van der Waals surface area contributed by atoms with Crippen molar-refractivity contribution in [3.05, 3.63) is 53.4 Å². The van der Waals surface area contributed by atoms with Crippen LogP contribution in [-0.2, 0) is 18.3 Å². The number of hydrogen-bond donors (Lipinski definition) is 1. The maximum Gasteiger partial charge on any atom is 0.194 e. The van der Waals surface area contributed by atoms with E-state index in [2.05, 4.69) is 20.3 Å². The van der Waals surface area contributed by atoms with Crippen molar-refractivity contribution in [2.75, 3.05) is 26.2 Å².